The lowest BCUT2D eigenvalue weighted by Crippen LogP contribution is -2.20. The van der Waals surface area contributed by atoms with E-state index in [4.69, 9.17) is 10.2 Å². The molecule has 16 heavy (non-hydrogen) atoms. The minimum Gasteiger partial charge on any atom is -0.479 e. The maximum atomic E-state index is 10.4. The van der Waals surface area contributed by atoms with Gasteiger partial charge in [0.05, 0.1) is 11.0 Å². The number of aliphatic hydroxyl groups excluding tert-OH is 1. The number of nitrogens with one attached hydrogen (secondary N) is 1. The van der Waals surface area contributed by atoms with Crippen molar-refractivity contribution < 1.29 is 15.0 Å². The highest BCUT2D eigenvalue weighted by Crippen LogP contribution is 2.11. The maximum Gasteiger partial charge on any atom is 0.332 e. The Morgan fingerprint density at radius 2 is 2.19 bits per heavy atom. The summed E-state index contributed by atoms with van der Waals surface area (Å²) in [6.07, 6.45) is -0.745. The molecular weight excluding hydrogens is 208 g/mol. The van der Waals surface area contributed by atoms with Crippen LogP contribution in [0.5, 0.6) is 0 Å². The van der Waals surface area contributed by atoms with E-state index in [9.17, 15) is 4.79 Å². The molecule has 5 heteroatoms. The summed E-state index contributed by atoms with van der Waals surface area (Å²) in [5.41, 5.74) is 1.77. The number of aliphatic hydroxyl groups is 1. The van der Waals surface area contributed by atoms with E-state index in [1.807, 2.05) is 24.3 Å². The molecule has 0 bridgehead atoms. The van der Waals surface area contributed by atoms with Crippen LogP contribution in [0.25, 0.3) is 11.0 Å². The molecule has 0 saturated heterocycles. The number of hydrogen-bond acceptors (Lipinski definition) is 3. The Morgan fingerprint density at radius 1 is 1.44 bits per heavy atom. The molecule has 3 N–H and O–H groups in total. The van der Waals surface area contributed by atoms with Crippen molar-refractivity contribution in [1.29, 1.82) is 0 Å². The highest BCUT2D eigenvalue weighted by molar-refractivity contribution is 5.74. The van der Waals surface area contributed by atoms with Gasteiger partial charge in [-0.15, -0.1) is 0 Å². The summed E-state index contributed by atoms with van der Waals surface area (Å²) in [5.74, 6) is -0.502. The predicted octanol–water partition coefficient (Wildman–Crippen LogP) is 0.941. The third-order valence-corrected chi connectivity index (χ3v) is 2.38. The minimum atomic E-state index is -1.33. The van der Waals surface area contributed by atoms with Crippen molar-refractivity contribution >= 4 is 17.0 Å². The van der Waals surface area contributed by atoms with E-state index in [-0.39, 0.29) is 6.42 Å². The van der Waals surface area contributed by atoms with Gasteiger partial charge in [-0.3, -0.25) is 0 Å². The molecule has 2 aromatic rings. The Morgan fingerprint density at radius 3 is 2.88 bits per heavy atom. The Kier molecular flexibility index (Phi) is 2.87. The zero-order valence-electron chi connectivity index (χ0n) is 8.55. The molecule has 0 spiro atoms. The Labute approximate surface area is 91.8 Å². The van der Waals surface area contributed by atoms with Gasteiger partial charge in [0.15, 0.2) is 6.10 Å². The van der Waals surface area contributed by atoms with Gasteiger partial charge in [0.2, 0.25) is 0 Å². The molecule has 1 heterocycles. The first-order valence-electron chi connectivity index (χ1n) is 5.01. The number of para-hydroxylation sites is 2. The molecule has 0 fully saturated rings. The number of fused-ring (bicyclic) bond motifs is 1. The number of H-pyrrole nitrogens is 1. The summed E-state index contributed by atoms with van der Waals surface area (Å²) in [5, 5.41) is 17.6. The van der Waals surface area contributed by atoms with Crippen molar-refractivity contribution in [3.63, 3.8) is 0 Å². The van der Waals surface area contributed by atoms with Gasteiger partial charge >= 0.3 is 5.97 Å². The molecule has 1 atom stereocenters. The first-order valence-corrected chi connectivity index (χ1v) is 5.01. The van der Waals surface area contributed by atoms with E-state index in [2.05, 4.69) is 9.97 Å². The van der Waals surface area contributed by atoms with Crippen molar-refractivity contribution in [3.8, 4) is 0 Å². The lowest BCUT2D eigenvalue weighted by atomic mass is 10.2. The van der Waals surface area contributed by atoms with Gasteiger partial charge in [-0.05, 0) is 18.6 Å². The number of aromatic nitrogens is 2. The fourth-order valence-electron chi connectivity index (χ4n) is 1.52. The summed E-state index contributed by atoms with van der Waals surface area (Å²) in [4.78, 5) is 17.8. The normalized spacial score (nSPS) is 12.8. The fourth-order valence-corrected chi connectivity index (χ4v) is 1.52. The van der Waals surface area contributed by atoms with E-state index in [0.29, 0.717) is 12.2 Å². The SMILES string of the molecule is O=C(O)C(O)CCc1nc2ccccc2[nH]1. The minimum absolute atomic E-state index is 0.162. The number of carboxylic acids is 1. The van der Waals surface area contributed by atoms with Gasteiger partial charge in [-0.25, -0.2) is 9.78 Å². The number of carboxylic acid groups (broad SMARTS) is 1. The molecular formula is C11H12N2O3. The topological polar surface area (TPSA) is 86.2 Å². The second-order valence-electron chi connectivity index (χ2n) is 3.59. The van der Waals surface area contributed by atoms with Gasteiger partial charge in [-0.1, -0.05) is 12.1 Å². The summed E-state index contributed by atoms with van der Waals surface area (Å²) in [6.45, 7) is 0. The number of carbonyl (C=O) groups is 1. The van der Waals surface area contributed by atoms with Crippen LogP contribution in [0.2, 0.25) is 0 Å². The number of aryl methyl sites for hydroxylation is 1. The molecule has 0 aliphatic carbocycles. The molecule has 1 aromatic carbocycles. The lowest BCUT2D eigenvalue weighted by Gasteiger charge is -2.02. The molecule has 0 aliphatic rings. The van der Waals surface area contributed by atoms with Gasteiger partial charge in [0.25, 0.3) is 0 Å². The Bertz CT molecular complexity index is 474. The van der Waals surface area contributed by atoms with Crippen molar-refractivity contribution in [2.75, 3.05) is 0 Å². The third-order valence-electron chi connectivity index (χ3n) is 2.38. The smallest absolute Gasteiger partial charge is 0.332 e. The number of imidazole rings is 1. The molecule has 84 valence electrons. The number of hydrogen-bond donors (Lipinski definition) is 3. The molecule has 2 rings (SSSR count). The van der Waals surface area contributed by atoms with Gasteiger partial charge in [-0.2, -0.15) is 0 Å². The molecule has 0 saturated carbocycles. The van der Waals surface area contributed by atoms with Crippen LogP contribution < -0.4 is 0 Å². The summed E-state index contributed by atoms with van der Waals surface area (Å²) >= 11 is 0. The fraction of sp³-hybridized carbons (Fsp3) is 0.273. The second kappa shape index (κ2) is 4.32. The zero-order chi connectivity index (χ0) is 11.5. The van der Waals surface area contributed by atoms with Crippen molar-refractivity contribution in [2.24, 2.45) is 0 Å². The molecule has 5 nitrogen and oxygen atoms in total. The summed E-state index contributed by atoms with van der Waals surface area (Å²) in [6, 6.07) is 7.57. The standard InChI is InChI=1S/C11H12N2O3/c14-9(11(15)16)5-6-10-12-7-3-1-2-4-8(7)13-10/h1-4,9,14H,5-6H2,(H,12,13)(H,15,16). The number of benzene rings is 1. The average molecular weight is 220 g/mol. The average Bonchev–Trinajstić information content (AvgIpc) is 2.68. The first kappa shape index (κ1) is 10.6. The van der Waals surface area contributed by atoms with E-state index in [1.165, 1.54) is 0 Å². The Balaban J connectivity index is 2.07. The van der Waals surface area contributed by atoms with Crippen LogP contribution in [0.4, 0.5) is 0 Å². The maximum absolute atomic E-state index is 10.4. The van der Waals surface area contributed by atoms with Crippen LogP contribution >= 0.6 is 0 Å². The number of aromatic amines is 1. The van der Waals surface area contributed by atoms with Crippen LogP contribution in [-0.4, -0.2) is 32.3 Å². The van der Waals surface area contributed by atoms with Crippen LogP contribution in [0.15, 0.2) is 24.3 Å². The molecule has 0 radical (unpaired) electrons. The first-order chi connectivity index (χ1) is 7.66. The highest BCUT2D eigenvalue weighted by Gasteiger charge is 2.13. The predicted molar refractivity (Wildman–Crippen MR) is 58.1 cm³/mol. The van der Waals surface area contributed by atoms with Gasteiger partial charge in [0.1, 0.15) is 5.82 Å². The number of rotatable bonds is 4. The van der Waals surface area contributed by atoms with Crippen LogP contribution in [-0.2, 0) is 11.2 Å². The van der Waals surface area contributed by atoms with Crippen molar-refractivity contribution in [1.82, 2.24) is 9.97 Å². The van der Waals surface area contributed by atoms with Crippen molar-refractivity contribution in [2.45, 2.75) is 18.9 Å². The number of aliphatic carboxylic acids is 1. The molecule has 1 unspecified atom stereocenters. The van der Waals surface area contributed by atoms with Crippen molar-refractivity contribution in [3.05, 3.63) is 30.1 Å². The summed E-state index contributed by atoms with van der Waals surface area (Å²) in [7, 11) is 0. The van der Waals surface area contributed by atoms with Gasteiger partial charge in [0, 0.05) is 6.42 Å². The largest absolute Gasteiger partial charge is 0.479 e. The quantitative estimate of drug-likeness (QED) is 0.715. The van der Waals surface area contributed by atoms with E-state index in [1.54, 1.807) is 0 Å². The number of nitrogens with zero attached hydrogens (tertiary/aromatic N) is 1. The van der Waals surface area contributed by atoms with E-state index < -0.39 is 12.1 Å². The van der Waals surface area contributed by atoms with Gasteiger partial charge < -0.3 is 15.2 Å². The van der Waals surface area contributed by atoms with E-state index in [0.717, 1.165) is 11.0 Å². The van der Waals surface area contributed by atoms with Crippen LogP contribution in [0.1, 0.15) is 12.2 Å². The van der Waals surface area contributed by atoms with Crippen LogP contribution in [0.3, 0.4) is 0 Å². The zero-order valence-corrected chi connectivity index (χ0v) is 8.55. The molecule has 0 aliphatic heterocycles. The summed E-state index contributed by atoms with van der Waals surface area (Å²) < 4.78 is 0. The van der Waals surface area contributed by atoms with E-state index >= 15 is 0 Å². The lowest BCUT2D eigenvalue weighted by molar-refractivity contribution is -0.146. The third kappa shape index (κ3) is 2.20. The second-order valence-corrected chi connectivity index (χ2v) is 3.59. The van der Waals surface area contributed by atoms with Crippen LogP contribution in [0, 0.1) is 0 Å². The molecule has 0 amide bonds. The highest BCUT2D eigenvalue weighted by atomic mass is 16.4. The molecule has 1 aromatic heterocycles. The Hall–Kier alpha value is -1.88. The monoisotopic (exact) mass is 220 g/mol.